The summed E-state index contributed by atoms with van der Waals surface area (Å²) >= 11 is 0. The van der Waals surface area contributed by atoms with Gasteiger partial charge in [0.05, 0.1) is 12.5 Å². The van der Waals surface area contributed by atoms with Crippen molar-refractivity contribution >= 4 is 5.91 Å². The van der Waals surface area contributed by atoms with Crippen LogP contribution in [-0.2, 0) is 23.0 Å². The van der Waals surface area contributed by atoms with E-state index in [0.717, 1.165) is 11.1 Å². The van der Waals surface area contributed by atoms with Gasteiger partial charge in [0.15, 0.2) is 0 Å². The van der Waals surface area contributed by atoms with Crippen LogP contribution in [0.15, 0.2) is 36.7 Å². The molecular formula is C17H24FN3O3. The van der Waals surface area contributed by atoms with Gasteiger partial charge in [-0.1, -0.05) is 6.07 Å². The molecule has 0 bridgehead atoms. The lowest BCUT2D eigenvalue weighted by Gasteiger charge is -2.14. The first kappa shape index (κ1) is 19.8. The predicted molar refractivity (Wildman–Crippen MR) is 88.0 cm³/mol. The molecule has 2 rings (SSSR count). The molecule has 6 nitrogen and oxygen atoms in total. The van der Waals surface area contributed by atoms with E-state index >= 15 is 0 Å². The number of aryl methyl sites for hydroxylation is 3. The Bertz CT molecular complexity index is 618. The Hall–Kier alpha value is -2.25. The van der Waals surface area contributed by atoms with Crippen LogP contribution < -0.4 is 5.48 Å². The van der Waals surface area contributed by atoms with Gasteiger partial charge in [-0.05, 0) is 49.1 Å². The van der Waals surface area contributed by atoms with Crippen LogP contribution in [0.5, 0.6) is 0 Å². The number of ether oxygens (including phenoxy) is 1. The quantitative estimate of drug-likeness (QED) is 0.627. The minimum atomic E-state index is -0.474. The normalized spacial score (nSPS) is 11.4. The number of hydrogen-bond donors (Lipinski definition) is 2. The number of aromatic nitrogens is 2. The molecule has 7 heteroatoms. The van der Waals surface area contributed by atoms with Gasteiger partial charge in [0.25, 0.3) is 0 Å². The number of carbonyl (C=O) groups is 1. The summed E-state index contributed by atoms with van der Waals surface area (Å²) < 4.78 is 19.8. The molecule has 1 amide bonds. The zero-order valence-electron chi connectivity index (χ0n) is 14.2. The van der Waals surface area contributed by atoms with Crippen LogP contribution in [0.3, 0.4) is 0 Å². The van der Waals surface area contributed by atoms with Crippen molar-refractivity contribution in [3.05, 3.63) is 53.6 Å². The van der Waals surface area contributed by atoms with Crippen LogP contribution in [0.1, 0.15) is 24.0 Å². The topological polar surface area (TPSA) is 76.4 Å². The Morgan fingerprint density at radius 1 is 1.50 bits per heavy atom. The number of hydrogen-bond acceptors (Lipinski definition) is 4. The van der Waals surface area contributed by atoms with E-state index in [1.165, 1.54) is 19.2 Å². The average molecular weight is 337 g/mol. The fraction of sp³-hybridized carbons (Fsp3) is 0.412. The standard InChI is InChI=1S/C13H18FNO3.C4H6N2/c1-9-7-11(14)5-3-10(9)4-6-12(18-2)8-13(16)15-17;1-6-4-2-3-5-6/h3,5,7,12,17H,4,6,8H2,1-2H3,(H,15,16);2-4H,1H3. The summed E-state index contributed by atoms with van der Waals surface area (Å²) in [6.07, 6.45) is 4.81. The van der Waals surface area contributed by atoms with Crippen LogP contribution in [0, 0.1) is 12.7 Å². The second-order valence-electron chi connectivity index (χ2n) is 5.39. The zero-order chi connectivity index (χ0) is 17.9. The maximum Gasteiger partial charge on any atom is 0.245 e. The van der Waals surface area contributed by atoms with Gasteiger partial charge in [-0.15, -0.1) is 0 Å². The van der Waals surface area contributed by atoms with Crippen LogP contribution in [0.25, 0.3) is 0 Å². The van der Waals surface area contributed by atoms with Crippen molar-refractivity contribution in [1.29, 1.82) is 0 Å². The smallest absolute Gasteiger partial charge is 0.245 e. The number of nitrogens with zero attached hydrogens (tertiary/aromatic N) is 2. The second kappa shape index (κ2) is 10.5. The van der Waals surface area contributed by atoms with Crippen molar-refractivity contribution in [1.82, 2.24) is 15.3 Å². The molecule has 1 aromatic carbocycles. The molecule has 1 unspecified atom stereocenters. The Kier molecular flexibility index (Phi) is 8.67. The van der Waals surface area contributed by atoms with Crippen molar-refractivity contribution in [3.63, 3.8) is 0 Å². The van der Waals surface area contributed by atoms with E-state index in [-0.39, 0.29) is 18.3 Å². The number of benzene rings is 1. The summed E-state index contributed by atoms with van der Waals surface area (Å²) in [6.45, 7) is 1.85. The highest BCUT2D eigenvalue weighted by Gasteiger charge is 2.13. The SMILES string of the molecule is COC(CCc1ccc(F)cc1C)CC(=O)NO.Cn1cccn1. The summed E-state index contributed by atoms with van der Waals surface area (Å²) in [7, 11) is 3.41. The third-order valence-electron chi connectivity index (χ3n) is 3.55. The van der Waals surface area contributed by atoms with E-state index in [9.17, 15) is 9.18 Å². The molecule has 24 heavy (non-hydrogen) atoms. The Morgan fingerprint density at radius 3 is 2.71 bits per heavy atom. The first-order valence-electron chi connectivity index (χ1n) is 7.60. The van der Waals surface area contributed by atoms with Gasteiger partial charge in [0.2, 0.25) is 5.91 Å². The lowest BCUT2D eigenvalue weighted by atomic mass is 10.0. The molecular weight excluding hydrogens is 313 g/mol. The summed E-state index contributed by atoms with van der Waals surface area (Å²) in [4.78, 5) is 11.0. The van der Waals surface area contributed by atoms with E-state index in [1.807, 2.05) is 26.2 Å². The number of hydroxylamine groups is 1. The van der Waals surface area contributed by atoms with E-state index in [1.54, 1.807) is 22.4 Å². The maximum absolute atomic E-state index is 12.9. The monoisotopic (exact) mass is 337 g/mol. The van der Waals surface area contributed by atoms with Gasteiger partial charge in [0, 0.05) is 26.6 Å². The lowest BCUT2D eigenvalue weighted by molar-refractivity contribution is -0.131. The molecule has 0 aliphatic rings. The molecule has 1 atom stereocenters. The first-order valence-corrected chi connectivity index (χ1v) is 7.60. The molecule has 0 aliphatic heterocycles. The third kappa shape index (κ3) is 7.34. The second-order valence-corrected chi connectivity index (χ2v) is 5.39. The highest BCUT2D eigenvalue weighted by molar-refractivity contribution is 5.75. The number of rotatable bonds is 6. The molecule has 0 fully saturated rings. The molecule has 0 radical (unpaired) electrons. The van der Waals surface area contributed by atoms with Gasteiger partial charge in [-0.3, -0.25) is 14.7 Å². The number of methoxy groups -OCH3 is 1. The highest BCUT2D eigenvalue weighted by atomic mass is 19.1. The minimum absolute atomic E-state index is 0.104. The molecule has 132 valence electrons. The molecule has 0 saturated heterocycles. The maximum atomic E-state index is 12.9. The Morgan fingerprint density at radius 2 is 2.25 bits per heavy atom. The number of halogens is 1. The van der Waals surface area contributed by atoms with Crippen LogP contribution in [0.2, 0.25) is 0 Å². The molecule has 2 N–H and O–H groups in total. The summed E-state index contributed by atoms with van der Waals surface area (Å²) in [6, 6.07) is 6.53. The predicted octanol–water partition coefficient (Wildman–Crippen LogP) is 2.40. The molecule has 1 heterocycles. The van der Waals surface area contributed by atoms with Crippen molar-refractivity contribution in [3.8, 4) is 0 Å². The van der Waals surface area contributed by atoms with E-state index in [2.05, 4.69) is 5.10 Å². The van der Waals surface area contributed by atoms with Gasteiger partial charge in [-0.2, -0.15) is 5.10 Å². The van der Waals surface area contributed by atoms with Crippen molar-refractivity contribution in [2.75, 3.05) is 7.11 Å². The summed E-state index contributed by atoms with van der Waals surface area (Å²) in [5, 5.41) is 12.3. The van der Waals surface area contributed by atoms with Crippen molar-refractivity contribution < 1.29 is 19.1 Å². The number of carbonyl (C=O) groups excluding carboxylic acids is 1. The summed E-state index contributed by atoms with van der Waals surface area (Å²) in [5.74, 6) is -0.725. The van der Waals surface area contributed by atoms with Gasteiger partial charge < -0.3 is 4.74 Å². The van der Waals surface area contributed by atoms with E-state index in [0.29, 0.717) is 12.8 Å². The number of amides is 1. The first-order chi connectivity index (χ1) is 11.5. The average Bonchev–Trinajstić information content (AvgIpc) is 3.04. The van der Waals surface area contributed by atoms with Crippen LogP contribution >= 0.6 is 0 Å². The van der Waals surface area contributed by atoms with Gasteiger partial charge >= 0.3 is 0 Å². The molecule has 2 aromatic rings. The van der Waals surface area contributed by atoms with Crippen LogP contribution in [0.4, 0.5) is 4.39 Å². The van der Waals surface area contributed by atoms with Crippen LogP contribution in [-0.4, -0.2) is 34.1 Å². The van der Waals surface area contributed by atoms with Gasteiger partial charge in [0.1, 0.15) is 5.82 Å². The Labute approximate surface area is 141 Å². The van der Waals surface area contributed by atoms with Crippen molar-refractivity contribution in [2.45, 2.75) is 32.3 Å². The summed E-state index contributed by atoms with van der Waals surface area (Å²) in [5.41, 5.74) is 3.49. The molecule has 0 spiro atoms. The molecule has 0 saturated carbocycles. The fourth-order valence-electron chi connectivity index (χ4n) is 2.16. The minimum Gasteiger partial charge on any atom is -0.381 e. The highest BCUT2D eigenvalue weighted by Crippen LogP contribution is 2.15. The lowest BCUT2D eigenvalue weighted by Crippen LogP contribution is -2.25. The largest absolute Gasteiger partial charge is 0.381 e. The zero-order valence-corrected chi connectivity index (χ0v) is 14.2. The Balaban J connectivity index is 0.000000400. The third-order valence-corrected chi connectivity index (χ3v) is 3.55. The van der Waals surface area contributed by atoms with E-state index < -0.39 is 5.91 Å². The molecule has 1 aromatic heterocycles. The number of nitrogens with one attached hydrogen (secondary N) is 1. The van der Waals surface area contributed by atoms with Gasteiger partial charge in [-0.25, -0.2) is 9.87 Å². The fourth-order valence-corrected chi connectivity index (χ4v) is 2.16. The van der Waals surface area contributed by atoms with E-state index in [4.69, 9.17) is 9.94 Å². The molecule has 0 aliphatic carbocycles. The van der Waals surface area contributed by atoms with Crippen molar-refractivity contribution in [2.24, 2.45) is 7.05 Å².